The van der Waals surface area contributed by atoms with Gasteiger partial charge in [0.1, 0.15) is 0 Å². The third-order valence-corrected chi connectivity index (χ3v) is 4.38. The van der Waals surface area contributed by atoms with E-state index in [9.17, 15) is 4.79 Å². The highest BCUT2D eigenvalue weighted by molar-refractivity contribution is 6.30. The number of hydrogen-bond acceptors (Lipinski definition) is 2. The smallest absolute Gasteiger partial charge is 0.167 e. The van der Waals surface area contributed by atoms with Gasteiger partial charge in [0.25, 0.3) is 0 Å². The van der Waals surface area contributed by atoms with Gasteiger partial charge in [-0.1, -0.05) is 48.9 Å². The van der Waals surface area contributed by atoms with Crippen molar-refractivity contribution in [3.05, 3.63) is 70.2 Å². The lowest BCUT2D eigenvalue weighted by Gasteiger charge is -2.18. The van der Waals surface area contributed by atoms with Crippen LogP contribution in [-0.4, -0.2) is 12.3 Å². The van der Waals surface area contributed by atoms with Crippen molar-refractivity contribution in [2.24, 2.45) is 5.92 Å². The lowest BCUT2D eigenvalue weighted by atomic mass is 10.0. The van der Waals surface area contributed by atoms with Gasteiger partial charge >= 0.3 is 0 Å². The molecule has 108 valence electrons. The molecular formula is C18H18ClNO. The van der Waals surface area contributed by atoms with Crippen LogP contribution in [0.1, 0.15) is 34.5 Å². The van der Waals surface area contributed by atoms with Gasteiger partial charge in [-0.2, -0.15) is 0 Å². The van der Waals surface area contributed by atoms with Gasteiger partial charge in [-0.25, -0.2) is 0 Å². The van der Waals surface area contributed by atoms with Gasteiger partial charge in [-0.15, -0.1) is 0 Å². The van der Waals surface area contributed by atoms with Crippen LogP contribution >= 0.6 is 11.6 Å². The van der Waals surface area contributed by atoms with E-state index in [1.54, 1.807) is 6.07 Å². The van der Waals surface area contributed by atoms with E-state index in [0.717, 1.165) is 24.1 Å². The summed E-state index contributed by atoms with van der Waals surface area (Å²) in [6.07, 6.45) is 0.953. The van der Waals surface area contributed by atoms with E-state index in [-0.39, 0.29) is 17.7 Å². The molecular weight excluding hydrogens is 282 g/mol. The van der Waals surface area contributed by atoms with Crippen LogP contribution < -0.4 is 5.32 Å². The molecule has 0 spiro atoms. The normalized spacial score (nSPS) is 20.6. The zero-order valence-corrected chi connectivity index (χ0v) is 12.7. The monoisotopic (exact) mass is 299 g/mol. The number of rotatable bonds is 4. The SMILES string of the molecule is CC1C(=O)c2ccc(Cl)cc2C1NCCc1ccccc1. The van der Waals surface area contributed by atoms with Crippen molar-refractivity contribution in [3.63, 3.8) is 0 Å². The number of hydrogen-bond donors (Lipinski definition) is 1. The van der Waals surface area contributed by atoms with Crippen LogP contribution in [0.5, 0.6) is 0 Å². The Hall–Kier alpha value is -1.64. The van der Waals surface area contributed by atoms with Crippen molar-refractivity contribution in [1.29, 1.82) is 0 Å². The Morgan fingerprint density at radius 3 is 2.67 bits per heavy atom. The average molecular weight is 300 g/mol. The number of Topliss-reactive ketones (excluding diaryl/α,β-unsaturated/α-hetero) is 1. The molecule has 0 amide bonds. The van der Waals surface area contributed by atoms with Crippen LogP contribution in [0.25, 0.3) is 0 Å². The third kappa shape index (κ3) is 2.87. The number of halogens is 1. The summed E-state index contributed by atoms with van der Waals surface area (Å²) in [7, 11) is 0. The molecule has 2 unspecified atom stereocenters. The van der Waals surface area contributed by atoms with Crippen molar-refractivity contribution >= 4 is 17.4 Å². The number of ketones is 1. The van der Waals surface area contributed by atoms with Gasteiger partial charge < -0.3 is 5.32 Å². The summed E-state index contributed by atoms with van der Waals surface area (Å²) in [5, 5.41) is 4.20. The van der Waals surface area contributed by atoms with Gasteiger partial charge in [-0.05, 0) is 42.3 Å². The molecule has 2 aromatic carbocycles. The topological polar surface area (TPSA) is 29.1 Å². The van der Waals surface area contributed by atoms with Gasteiger partial charge in [0.2, 0.25) is 0 Å². The van der Waals surface area contributed by atoms with Crippen molar-refractivity contribution in [2.45, 2.75) is 19.4 Å². The Balaban J connectivity index is 1.71. The highest BCUT2D eigenvalue weighted by Gasteiger charge is 2.36. The zero-order valence-electron chi connectivity index (χ0n) is 12.0. The lowest BCUT2D eigenvalue weighted by molar-refractivity contribution is 0.0927. The highest BCUT2D eigenvalue weighted by Crippen LogP contribution is 2.37. The molecule has 21 heavy (non-hydrogen) atoms. The Bertz CT molecular complexity index is 654. The van der Waals surface area contributed by atoms with E-state index < -0.39 is 0 Å². The number of carbonyl (C=O) groups excluding carboxylic acids is 1. The molecule has 1 aliphatic carbocycles. The molecule has 2 atom stereocenters. The van der Waals surface area contributed by atoms with Crippen molar-refractivity contribution in [1.82, 2.24) is 5.32 Å². The van der Waals surface area contributed by atoms with Gasteiger partial charge in [0, 0.05) is 22.5 Å². The molecule has 2 aromatic rings. The van der Waals surface area contributed by atoms with Crippen LogP contribution in [-0.2, 0) is 6.42 Å². The van der Waals surface area contributed by atoms with E-state index in [1.807, 2.05) is 37.3 Å². The lowest BCUT2D eigenvalue weighted by Crippen LogP contribution is -2.27. The summed E-state index contributed by atoms with van der Waals surface area (Å²) in [4.78, 5) is 12.3. The first kappa shape index (κ1) is 14.3. The summed E-state index contributed by atoms with van der Waals surface area (Å²) < 4.78 is 0. The summed E-state index contributed by atoms with van der Waals surface area (Å²) in [5.41, 5.74) is 3.14. The molecule has 0 saturated heterocycles. The van der Waals surface area contributed by atoms with Crippen molar-refractivity contribution < 1.29 is 4.79 Å². The van der Waals surface area contributed by atoms with E-state index in [1.165, 1.54) is 5.56 Å². The van der Waals surface area contributed by atoms with E-state index >= 15 is 0 Å². The second-order valence-corrected chi connectivity index (χ2v) is 5.99. The van der Waals surface area contributed by atoms with E-state index in [4.69, 9.17) is 11.6 Å². The van der Waals surface area contributed by atoms with Crippen LogP contribution in [0.2, 0.25) is 5.02 Å². The summed E-state index contributed by atoms with van der Waals surface area (Å²) in [6, 6.07) is 16.0. The third-order valence-electron chi connectivity index (χ3n) is 4.15. The molecule has 3 rings (SSSR count). The molecule has 1 N–H and O–H groups in total. The molecule has 0 radical (unpaired) electrons. The Kier molecular flexibility index (Phi) is 4.09. The molecule has 0 fully saturated rings. The van der Waals surface area contributed by atoms with Crippen molar-refractivity contribution in [3.8, 4) is 0 Å². The number of nitrogens with one attached hydrogen (secondary N) is 1. The second-order valence-electron chi connectivity index (χ2n) is 5.55. The maximum atomic E-state index is 12.3. The molecule has 0 aromatic heterocycles. The van der Waals surface area contributed by atoms with Gasteiger partial charge in [0.15, 0.2) is 5.78 Å². The fourth-order valence-corrected chi connectivity index (χ4v) is 3.17. The Labute approximate surface area is 130 Å². The minimum Gasteiger partial charge on any atom is -0.309 e. The molecule has 2 nitrogen and oxygen atoms in total. The van der Waals surface area contributed by atoms with E-state index in [0.29, 0.717) is 5.02 Å². The molecule has 0 heterocycles. The van der Waals surface area contributed by atoms with Gasteiger partial charge in [0.05, 0.1) is 0 Å². The average Bonchev–Trinajstić information content (AvgIpc) is 2.73. The quantitative estimate of drug-likeness (QED) is 0.923. The first-order chi connectivity index (χ1) is 10.2. The fraction of sp³-hybridized carbons (Fsp3) is 0.278. The zero-order chi connectivity index (χ0) is 14.8. The summed E-state index contributed by atoms with van der Waals surface area (Å²) in [5.74, 6) is 0.174. The second kappa shape index (κ2) is 6.00. The molecule has 0 aliphatic heterocycles. The largest absolute Gasteiger partial charge is 0.309 e. The first-order valence-corrected chi connectivity index (χ1v) is 7.65. The number of fused-ring (bicyclic) bond motifs is 1. The maximum absolute atomic E-state index is 12.3. The molecule has 3 heteroatoms. The van der Waals surface area contributed by atoms with Crippen LogP contribution in [0.3, 0.4) is 0 Å². The molecule has 1 aliphatic rings. The fourth-order valence-electron chi connectivity index (χ4n) is 2.98. The minimum atomic E-state index is -0.0331. The Morgan fingerprint density at radius 2 is 1.90 bits per heavy atom. The Morgan fingerprint density at radius 1 is 1.14 bits per heavy atom. The van der Waals surface area contributed by atoms with Crippen LogP contribution in [0.4, 0.5) is 0 Å². The minimum absolute atomic E-state index is 0.0331. The molecule has 0 saturated carbocycles. The standard InChI is InChI=1S/C18H18ClNO/c1-12-17(20-10-9-13-5-3-2-4-6-13)16-11-14(19)7-8-15(16)18(12)21/h2-8,11-12,17,20H,9-10H2,1H3. The number of benzene rings is 2. The predicted molar refractivity (Wildman–Crippen MR) is 85.8 cm³/mol. The number of carbonyl (C=O) groups is 1. The van der Waals surface area contributed by atoms with Crippen molar-refractivity contribution in [2.75, 3.05) is 6.54 Å². The predicted octanol–water partition coefficient (Wildman–Crippen LogP) is 4.05. The maximum Gasteiger partial charge on any atom is 0.167 e. The van der Waals surface area contributed by atoms with E-state index in [2.05, 4.69) is 17.4 Å². The summed E-state index contributed by atoms with van der Waals surface area (Å²) in [6.45, 7) is 2.83. The van der Waals surface area contributed by atoms with Crippen LogP contribution in [0.15, 0.2) is 48.5 Å². The molecule has 0 bridgehead atoms. The highest BCUT2D eigenvalue weighted by atomic mass is 35.5. The summed E-state index contributed by atoms with van der Waals surface area (Å²) >= 11 is 6.07. The van der Waals surface area contributed by atoms with Crippen LogP contribution in [0, 0.1) is 5.92 Å². The van der Waals surface area contributed by atoms with Gasteiger partial charge in [-0.3, -0.25) is 4.79 Å². The first-order valence-electron chi connectivity index (χ1n) is 7.28.